The summed E-state index contributed by atoms with van der Waals surface area (Å²) in [5.74, 6) is 0.252. The smallest absolute Gasteiger partial charge is 0.345 e. The molecular formula is C18H19ClO7. The Labute approximate surface area is 156 Å². The summed E-state index contributed by atoms with van der Waals surface area (Å²) in [6.07, 6.45) is 0. The number of carbonyl (C=O) groups excluding carboxylic acids is 1. The molecule has 0 aliphatic heterocycles. The van der Waals surface area contributed by atoms with E-state index in [0.717, 1.165) is 0 Å². The number of aromatic hydroxyl groups is 1. The minimum Gasteiger partial charge on any atom is -0.508 e. The lowest BCUT2D eigenvalue weighted by Crippen LogP contribution is -2.08. The van der Waals surface area contributed by atoms with Gasteiger partial charge in [-0.2, -0.15) is 0 Å². The third-order valence-corrected chi connectivity index (χ3v) is 3.99. The van der Waals surface area contributed by atoms with Crippen molar-refractivity contribution in [2.24, 2.45) is 0 Å². The van der Waals surface area contributed by atoms with E-state index in [1.54, 1.807) is 6.92 Å². The molecule has 1 N–H and O–H groups in total. The molecule has 0 amide bonds. The molecule has 0 atom stereocenters. The minimum absolute atomic E-state index is 0.00433. The lowest BCUT2D eigenvalue weighted by Gasteiger charge is -2.19. The lowest BCUT2D eigenvalue weighted by atomic mass is 10.1. The van der Waals surface area contributed by atoms with Crippen LogP contribution in [0.1, 0.15) is 15.9 Å². The van der Waals surface area contributed by atoms with Gasteiger partial charge in [0.2, 0.25) is 0 Å². The normalized spacial score (nSPS) is 10.2. The van der Waals surface area contributed by atoms with Crippen molar-refractivity contribution in [1.82, 2.24) is 0 Å². The third kappa shape index (κ3) is 3.57. The van der Waals surface area contributed by atoms with E-state index < -0.39 is 5.97 Å². The van der Waals surface area contributed by atoms with Gasteiger partial charge in [0.25, 0.3) is 0 Å². The van der Waals surface area contributed by atoms with Crippen LogP contribution >= 0.6 is 11.6 Å². The van der Waals surface area contributed by atoms with E-state index in [1.165, 1.54) is 46.6 Å². The van der Waals surface area contributed by atoms with Gasteiger partial charge in [-0.1, -0.05) is 11.6 Å². The van der Waals surface area contributed by atoms with Crippen LogP contribution in [-0.2, 0) is 4.74 Å². The maximum absolute atomic E-state index is 12.3. The Morgan fingerprint density at radius 3 is 2.08 bits per heavy atom. The van der Waals surface area contributed by atoms with Crippen LogP contribution in [0.4, 0.5) is 0 Å². The van der Waals surface area contributed by atoms with E-state index in [1.807, 2.05) is 0 Å². The van der Waals surface area contributed by atoms with Crippen molar-refractivity contribution in [2.45, 2.75) is 6.92 Å². The molecule has 0 spiro atoms. The Kier molecular flexibility index (Phi) is 6.05. The number of hydrogen-bond acceptors (Lipinski definition) is 7. The number of ether oxygens (including phenoxy) is 5. The molecular weight excluding hydrogens is 364 g/mol. The standard InChI is InChI=1S/C18H19ClO7/c1-9-6-10(20)7-13(24-4)16(9)26-17-14(18(21)25-5)11(22-2)8-12(23-3)15(17)19/h6-8,20H,1-5H3. The Morgan fingerprint density at radius 1 is 0.923 bits per heavy atom. The Bertz CT molecular complexity index is 833. The first kappa shape index (κ1) is 19.5. The van der Waals surface area contributed by atoms with Crippen molar-refractivity contribution in [3.8, 4) is 34.5 Å². The predicted octanol–water partition coefficient (Wildman–Crippen LogP) is 3.96. The first-order valence-electron chi connectivity index (χ1n) is 7.46. The van der Waals surface area contributed by atoms with Gasteiger partial charge in [0.05, 0.1) is 28.4 Å². The highest BCUT2D eigenvalue weighted by Gasteiger charge is 2.27. The summed E-state index contributed by atoms with van der Waals surface area (Å²) < 4.78 is 26.5. The predicted molar refractivity (Wildman–Crippen MR) is 95.4 cm³/mol. The third-order valence-electron chi connectivity index (χ3n) is 3.63. The zero-order valence-electron chi connectivity index (χ0n) is 15.0. The molecule has 2 rings (SSSR count). The van der Waals surface area contributed by atoms with Crippen LogP contribution in [0.15, 0.2) is 18.2 Å². The van der Waals surface area contributed by atoms with Crippen molar-refractivity contribution in [3.05, 3.63) is 34.3 Å². The Balaban J connectivity index is 2.75. The number of rotatable bonds is 6. The van der Waals surface area contributed by atoms with E-state index in [9.17, 15) is 9.90 Å². The van der Waals surface area contributed by atoms with Crippen LogP contribution in [0.3, 0.4) is 0 Å². The highest BCUT2D eigenvalue weighted by molar-refractivity contribution is 6.34. The Morgan fingerprint density at radius 2 is 1.54 bits per heavy atom. The number of phenolic OH excluding ortho intramolecular Hbond substituents is 1. The molecule has 8 heteroatoms. The fourth-order valence-corrected chi connectivity index (χ4v) is 2.66. The first-order valence-corrected chi connectivity index (χ1v) is 7.83. The molecule has 140 valence electrons. The molecule has 0 aliphatic rings. The second-order valence-electron chi connectivity index (χ2n) is 5.19. The highest BCUT2D eigenvalue weighted by atomic mass is 35.5. The van der Waals surface area contributed by atoms with Gasteiger partial charge in [0, 0.05) is 12.1 Å². The van der Waals surface area contributed by atoms with Gasteiger partial charge in [-0.05, 0) is 18.6 Å². The summed E-state index contributed by atoms with van der Waals surface area (Å²) in [6, 6.07) is 4.33. The lowest BCUT2D eigenvalue weighted by molar-refractivity contribution is 0.0594. The van der Waals surface area contributed by atoms with Crippen molar-refractivity contribution >= 4 is 17.6 Å². The van der Waals surface area contributed by atoms with Crippen LogP contribution in [-0.4, -0.2) is 39.5 Å². The van der Waals surface area contributed by atoms with Gasteiger partial charge in [0.1, 0.15) is 27.8 Å². The Hall–Kier alpha value is -2.80. The number of hydrogen-bond donors (Lipinski definition) is 1. The molecule has 0 unspecified atom stereocenters. The number of methoxy groups -OCH3 is 4. The fraction of sp³-hybridized carbons (Fsp3) is 0.278. The number of phenols is 1. The average Bonchev–Trinajstić information content (AvgIpc) is 2.63. The summed E-state index contributed by atoms with van der Waals surface area (Å²) in [7, 11) is 5.48. The van der Waals surface area contributed by atoms with Crippen molar-refractivity contribution in [3.63, 3.8) is 0 Å². The summed E-state index contributed by atoms with van der Waals surface area (Å²) in [6.45, 7) is 1.71. The maximum atomic E-state index is 12.3. The van der Waals surface area contributed by atoms with Gasteiger partial charge < -0.3 is 28.8 Å². The van der Waals surface area contributed by atoms with Gasteiger partial charge >= 0.3 is 5.97 Å². The zero-order chi connectivity index (χ0) is 19.4. The van der Waals surface area contributed by atoms with Crippen molar-refractivity contribution in [2.75, 3.05) is 28.4 Å². The van der Waals surface area contributed by atoms with E-state index in [2.05, 4.69) is 0 Å². The monoisotopic (exact) mass is 382 g/mol. The van der Waals surface area contributed by atoms with Gasteiger partial charge in [0.15, 0.2) is 17.2 Å². The molecule has 2 aromatic rings. The summed E-state index contributed by atoms with van der Waals surface area (Å²) in [5, 5.41) is 9.80. The SMILES string of the molecule is COC(=O)c1c(OC)cc(OC)c(Cl)c1Oc1c(C)cc(O)cc1OC. The van der Waals surface area contributed by atoms with E-state index in [-0.39, 0.29) is 45.1 Å². The molecule has 0 saturated heterocycles. The molecule has 26 heavy (non-hydrogen) atoms. The van der Waals surface area contributed by atoms with E-state index in [4.69, 9.17) is 35.3 Å². The van der Waals surface area contributed by atoms with Gasteiger partial charge in [-0.15, -0.1) is 0 Å². The molecule has 0 radical (unpaired) electrons. The van der Waals surface area contributed by atoms with Crippen molar-refractivity contribution in [1.29, 1.82) is 0 Å². The zero-order valence-corrected chi connectivity index (χ0v) is 15.8. The van der Waals surface area contributed by atoms with E-state index >= 15 is 0 Å². The molecule has 0 saturated carbocycles. The van der Waals surface area contributed by atoms with Crippen LogP contribution in [0.25, 0.3) is 0 Å². The van der Waals surface area contributed by atoms with Crippen LogP contribution in [0, 0.1) is 6.92 Å². The highest BCUT2D eigenvalue weighted by Crippen LogP contribution is 2.47. The molecule has 2 aromatic carbocycles. The van der Waals surface area contributed by atoms with E-state index in [0.29, 0.717) is 5.56 Å². The van der Waals surface area contributed by atoms with Crippen LogP contribution in [0.2, 0.25) is 5.02 Å². The number of benzene rings is 2. The number of halogens is 1. The number of carbonyl (C=O) groups is 1. The first-order chi connectivity index (χ1) is 12.4. The second kappa shape index (κ2) is 8.05. The second-order valence-corrected chi connectivity index (χ2v) is 5.56. The summed E-state index contributed by atoms with van der Waals surface area (Å²) in [4.78, 5) is 12.3. The van der Waals surface area contributed by atoms with Crippen molar-refractivity contribution < 1.29 is 33.6 Å². The topological polar surface area (TPSA) is 83.5 Å². The largest absolute Gasteiger partial charge is 0.508 e. The molecule has 0 heterocycles. The fourth-order valence-electron chi connectivity index (χ4n) is 2.40. The molecule has 0 aliphatic carbocycles. The quantitative estimate of drug-likeness (QED) is 0.757. The molecule has 0 aromatic heterocycles. The minimum atomic E-state index is -0.697. The molecule has 7 nitrogen and oxygen atoms in total. The average molecular weight is 383 g/mol. The molecule has 0 bridgehead atoms. The van der Waals surface area contributed by atoms with Crippen LogP contribution in [0.5, 0.6) is 34.5 Å². The summed E-state index contributed by atoms with van der Waals surface area (Å²) in [5.41, 5.74) is 0.561. The van der Waals surface area contributed by atoms with Crippen LogP contribution < -0.4 is 18.9 Å². The maximum Gasteiger partial charge on any atom is 0.345 e. The number of aryl methyl sites for hydroxylation is 1. The van der Waals surface area contributed by atoms with Gasteiger partial charge in [-0.3, -0.25) is 0 Å². The summed E-state index contributed by atoms with van der Waals surface area (Å²) >= 11 is 6.37. The molecule has 0 fully saturated rings. The number of esters is 1. The van der Waals surface area contributed by atoms with Gasteiger partial charge in [-0.25, -0.2) is 4.79 Å².